The van der Waals surface area contributed by atoms with Crippen LogP contribution in [0, 0.1) is 11.3 Å². The van der Waals surface area contributed by atoms with Crippen molar-refractivity contribution in [2.24, 2.45) is 0 Å². The predicted molar refractivity (Wildman–Crippen MR) is 131 cm³/mol. The molecule has 1 aliphatic carbocycles. The molecular formula is C25H28ClN5O5. The number of nitrogens with one attached hydrogen (secondary N) is 1. The molecular weight excluding hydrogens is 486 g/mol. The summed E-state index contributed by atoms with van der Waals surface area (Å²) in [7, 11) is 0. The van der Waals surface area contributed by atoms with Crippen LogP contribution >= 0.6 is 11.6 Å². The largest absolute Gasteiger partial charge is 0.490 e. The minimum Gasteiger partial charge on any atom is -0.490 e. The lowest BCUT2D eigenvalue weighted by Gasteiger charge is -2.32. The number of hydrogen-bond acceptors (Lipinski definition) is 8. The summed E-state index contributed by atoms with van der Waals surface area (Å²) in [5, 5.41) is 29.5. The first-order chi connectivity index (χ1) is 17.4. The van der Waals surface area contributed by atoms with Crippen LogP contribution < -0.4 is 15.0 Å². The molecule has 10 nitrogen and oxygen atoms in total. The van der Waals surface area contributed by atoms with Crippen molar-refractivity contribution in [2.45, 2.75) is 56.8 Å². The molecule has 2 aromatic rings. The third-order valence-corrected chi connectivity index (χ3v) is 6.78. The van der Waals surface area contributed by atoms with Gasteiger partial charge in [-0.3, -0.25) is 4.79 Å². The summed E-state index contributed by atoms with van der Waals surface area (Å²) in [5.41, 5.74) is 0.683. The topological polar surface area (TPSA) is 138 Å². The van der Waals surface area contributed by atoms with E-state index in [1.165, 1.54) is 0 Å². The van der Waals surface area contributed by atoms with Gasteiger partial charge in [0.15, 0.2) is 11.5 Å². The summed E-state index contributed by atoms with van der Waals surface area (Å²) in [4.78, 5) is 25.4. The number of carboxylic acid groups (broad SMARTS) is 1. The van der Waals surface area contributed by atoms with E-state index in [0.717, 1.165) is 25.7 Å². The second kappa shape index (κ2) is 12.0. The van der Waals surface area contributed by atoms with E-state index in [9.17, 15) is 9.59 Å². The molecule has 0 radical (unpaired) electrons. The third kappa shape index (κ3) is 6.83. The molecule has 2 fully saturated rings. The van der Waals surface area contributed by atoms with E-state index >= 15 is 0 Å². The van der Waals surface area contributed by atoms with Gasteiger partial charge in [-0.15, -0.1) is 10.2 Å². The number of carbonyl (C=O) groups is 2. The third-order valence-electron chi connectivity index (χ3n) is 6.46. The Balaban J connectivity index is 1.21. The Bertz CT molecular complexity index is 1110. The average molecular weight is 514 g/mol. The predicted octanol–water partition coefficient (Wildman–Crippen LogP) is 3.19. The quantitative estimate of drug-likeness (QED) is 0.544. The Hall–Kier alpha value is -3.42. The highest BCUT2D eigenvalue weighted by Crippen LogP contribution is 2.27. The number of carbonyl (C=O) groups excluding carboxylic acids is 1. The van der Waals surface area contributed by atoms with E-state index in [4.69, 9.17) is 31.4 Å². The van der Waals surface area contributed by atoms with E-state index in [1.807, 2.05) is 6.07 Å². The molecule has 11 heteroatoms. The summed E-state index contributed by atoms with van der Waals surface area (Å²) in [5.74, 6) is 0.104. The normalized spacial score (nSPS) is 20.4. The summed E-state index contributed by atoms with van der Waals surface area (Å²) in [6.45, 7) is 1.09. The van der Waals surface area contributed by atoms with Gasteiger partial charge in [0.25, 0.3) is 5.91 Å². The number of piperidine rings is 1. The summed E-state index contributed by atoms with van der Waals surface area (Å²) >= 11 is 6.08. The van der Waals surface area contributed by atoms with Crippen molar-refractivity contribution in [2.75, 3.05) is 24.6 Å². The van der Waals surface area contributed by atoms with Crippen LogP contribution in [0.25, 0.3) is 0 Å². The van der Waals surface area contributed by atoms with Gasteiger partial charge in [-0.1, -0.05) is 11.6 Å². The van der Waals surface area contributed by atoms with Gasteiger partial charge in [-0.05, 0) is 62.8 Å². The maximum absolute atomic E-state index is 12.7. The van der Waals surface area contributed by atoms with Crippen molar-refractivity contribution in [3.63, 3.8) is 0 Å². The number of hydrogen-bond donors (Lipinski definition) is 2. The lowest BCUT2D eigenvalue weighted by atomic mass is 9.93. The van der Waals surface area contributed by atoms with Crippen LogP contribution in [-0.4, -0.2) is 65.1 Å². The Morgan fingerprint density at radius 1 is 1.08 bits per heavy atom. The summed E-state index contributed by atoms with van der Waals surface area (Å²) < 4.78 is 11.4. The number of amides is 1. The van der Waals surface area contributed by atoms with Crippen LogP contribution in [-0.2, 0) is 9.53 Å². The van der Waals surface area contributed by atoms with Crippen molar-refractivity contribution in [1.82, 2.24) is 15.5 Å². The zero-order valence-corrected chi connectivity index (χ0v) is 20.5. The number of halogens is 1. The number of nitrogens with zero attached hydrogens (tertiary/aromatic N) is 4. The molecule has 0 spiro atoms. The maximum Gasteiger partial charge on any atom is 0.329 e. The molecule has 1 saturated carbocycles. The summed E-state index contributed by atoms with van der Waals surface area (Å²) in [6, 6.07) is 10.6. The lowest BCUT2D eigenvalue weighted by Crippen LogP contribution is -2.40. The molecule has 2 heterocycles. The zero-order chi connectivity index (χ0) is 25.5. The van der Waals surface area contributed by atoms with Crippen LogP contribution in [0.3, 0.4) is 0 Å². The van der Waals surface area contributed by atoms with Crippen molar-refractivity contribution in [3.05, 3.63) is 46.6 Å². The highest BCUT2D eigenvalue weighted by Gasteiger charge is 2.25. The van der Waals surface area contributed by atoms with Crippen molar-refractivity contribution in [3.8, 4) is 11.8 Å². The SMILES string of the molecule is N#Cc1ccc(OC2CCC(NC(=O)c3ccc(N4CCC(OCC(=O)O)CC4)nn3)CC2)cc1Cl. The molecule has 1 aromatic heterocycles. The molecule has 190 valence electrons. The van der Waals surface area contributed by atoms with E-state index in [2.05, 4.69) is 20.4 Å². The van der Waals surface area contributed by atoms with Crippen LogP contribution in [0.1, 0.15) is 54.6 Å². The van der Waals surface area contributed by atoms with Crippen LogP contribution in [0.2, 0.25) is 5.02 Å². The number of aliphatic carboxylic acids is 1. The van der Waals surface area contributed by atoms with Crippen molar-refractivity contribution < 1.29 is 24.2 Å². The number of nitriles is 1. The Kier molecular flexibility index (Phi) is 8.57. The van der Waals surface area contributed by atoms with Gasteiger partial charge in [0.1, 0.15) is 18.4 Å². The van der Waals surface area contributed by atoms with Gasteiger partial charge in [0.2, 0.25) is 0 Å². The standard InChI is InChI=1S/C25H28ClN5O5/c26-21-13-20(4-1-16(21)14-27)36-19-5-2-17(3-6-19)28-25(34)22-7-8-23(30-29-22)31-11-9-18(10-12-31)35-15-24(32)33/h1,4,7-8,13,17-19H,2-3,5-6,9-12,15H2,(H,28,34)(H,32,33). The maximum atomic E-state index is 12.7. The molecule has 1 amide bonds. The molecule has 1 aliphatic heterocycles. The zero-order valence-electron chi connectivity index (χ0n) is 19.7. The minimum atomic E-state index is -0.966. The van der Waals surface area contributed by atoms with E-state index in [-0.39, 0.29) is 36.5 Å². The number of aromatic nitrogens is 2. The average Bonchev–Trinajstić information content (AvgIpc) is 2.89. The first-order valence-corrected chi connectivity index (χ1v) is 12.4. The molecule has 1 saturated heterocycles. The lowest BCUT2D eigenvalue weighted by molar-refractivity contribution is -0.144. The fourth-order valence-corrected chi connectivity index (χ4v) is 4.71. The Morgan fingerprint density at radius 3 is 2.44 bits per heavy atom. The van der Waals surface area contributed by atoms with Gasteiger partial charge in [0, 0.05) is 25.2 Å². The number of ether oxygens (including phenoxy) is 2. The van der Waals surface area contributed by atoms with Gasteiger partial charge in [-0.2, -0.15) is 5.26 Å². The number of anilines is 1. The van der Waals surface area contributed by atoms with Gasteiger partial charge >= 0.3 is 5.97 Å². The second-order valence-corrected chi connectivity index (χ2v) is 9.39. The van der Waals surface area contributed by atoms with E-state index in [0.29, 0.717) is 48.1 Å². The van der Waals surface area contributed by atoms with Gasteiger partial charge in [-0.25, -0.2) is 4.79 Å². The van der Waals surface area contributed by atoms with E-state index in [1.54, 1.807) is 30.3 Å². The van der Waals surface area contributed by atoms with E-state index < -0.39 is 5.97 Å². The Labute approximate surface area is 214 Å². The minimum absolute atomic E-state index is 0.0277. The Morgan fingerprint density at radius 2 is 1.83 bits per heavy atom. The summed E-state index contributed by atoms with van der Waals surface area (Å²) in [6.07, 6.45) is 4.52. The fraction of sp³-hybridized carbons (Fsp3) is 0.480. The fourth-order valence-electron chi connectivity index (χ4n) is 4.49. The second-order valence-electron chi connectivity index (χ2n) is 8.99. The van der Waals surface area contributed by atoms with Crippen LogP contribution in [0.5, 0.6) is 5.75 Å². The highest BCUT2D eigenvalue weighted by atomic mass is 35.5. The molecule has 1 aromatic carbocycles. The molecule has 0 atom stereocenters. The number of benzene rings is 1. The van der Waals surface area contributed by atoms with Crippen molar-refractivity contribution in [1.29, 1.82) is 5.26 Å². The number of carboxylic acids is 1. The smallest absolute Gasteiger partial charge is 0.329 e. The van der Waals surface area contributed by atoms with Gasteiger partial charge in [0.05, 0.1) is 22.8 Å². The molecule has 36 heavy (non-hydrogen) atoms. The molecule has 4 rings (SSSR count). The van der Waals surface area contributed by atoms with Gasteiger partial charge < -0.3 is 24.8 Å². The highest BCUT2D eigenvalue weighted by molar-refractivity contribution is 6.31. The molecule has 2 N–H and O–H groups in total. The molecule has 0 bridgehead atoms. The van der Waals surface area contributed by atoms with Crippen LogP contribution in [0.4, 0.5) is 5.82 Å². The number of rotatable bonds is 8. The van der Waals surface area contributed by atoms with Crippen LogP contribution in [0.15, 0.2) is 30.3 Å². The molecule has 2 aliphatic rings. The monoisotopic (exact) mass is 513 g/mol. The van der Waals surface area contributed by atoms with Crippen molar-refractivity contribution >= 4 is 29.3 Å². The molecule has 0 unspecified atom stereocenters. The first kappa shape index (κ1) is 25.7. The first-order valence-electron chi connectivity index (χ1n) is 12.0.